The molecule has 1 saturated carbocycles. The predicted octanol–water partition coefficient (Wildman–Crippen LogP) is 5.82. The molecule has 2 fully saturated rings. The molecule has 214 valence electrons. The molecule has 1 atom stereocenters. The molecule has 12 heteroatoms. The van der Waals surface area contributed by atoms with E-state index < -0.39 is 5.60 Å². The van der Waals surface area contributed by atoms with Gasteiger partial charge in [0, 0.05) is 36.1 Å². The Morgan fingerprint density at radius 3 is 2.66 bits per heavy atom. The van der Waals surface area contributed by atoms with Crippen molar-refractivity contribution in [2.45, 2.75) is 84.0 Å². The molecule has 1 amide bonds. The Balaban J connectivity index is 1.25. The van der Waals surface area contributed by atoms with Crippen molar-refractivity contribution in [2.75, 3.05) is 13.1 Å². The number of hydrogen-bond donors (Lipinski definition) is 0. The maximum absolute atomic E-state index is 12.5. The number of likely N-dealkylation sites (tertiary alicyclic amines) is 1. The normalized spacial score (nSPS) is 17.0. The number of amides is 1. The van der Waals surface area contributed by atoms with Gasteiger partial charge >= 0.3 is 6.09 Å². The molecular formula is C29H34N8O3S. The topological polar surface area (TPSA) is 123 Å². The number of ether oxygens (including phenoxy) is 2. The van der Waals surface area contributed by atoms with Gasteiger partial charge in [0.05, 0.1) is 28.6 Å². The number of piperidine rings is 1. The van der Waals surface area contributed by atoms with Crippen LogP contribution in [0.25, 0.3) is 16.8 Å². The minimum absolute atomic E-state index is 0.120. The van der Waals surface area contributed by atoms with E-state index >= 15 is 0 Å². The summed E-state index contributed by atoms with van der Waals surface area (Å²) in [5, 5.41) is 26.4. The van der Waals surface area contributed by atoms with Crippen LogP contribution in [-0.4, -0.2) is 59.3 Å². The Morgan fingerprint density at radius 1 is 1.22 bits per heavy atom. The van der Waals surface area contributed by atoms with Crippen LogP contribution in [0.5, 0.6) is 5.75 Å². The molecule has 6 rings (SSSR count). The molecule has 5 heterocycles. The zero-order valence-corrected chi connectivity index (χ0v) is 24.8. The van der Waals surface area contributed by atoms with E-state index in [0.717, 1.165) is 35.5 Å². The largest absolute Gasteiger partial charge is 0.482 e. The van der Waals surface area contributed by atoms with Crippen LogP contribution in [0.15, 0.2) is 23.8 Å². The molecule has 0 aromatic carbocycles. The summed E-state index contributed by atoms with van der Waals surface area (Å²) in [5.74, 6) is 1.13. The fourth-order valence-corrected chi connectivity index (χ4v) is 6.29. The van der Waals surface area contributed by atoms with E-state index in [1.807, 2.05) is 51.6 Å². The zero-order chi connectivity index (χ0) is 28.9. The number of nitrogens with zero attached hydrogens (tertiary/aromatic N) is 8. The number of fused-ring (bicyclic) bond motifs is 1. The number of aromatic nitrogens is 6. The third-order valence-corrected chi connectivity index (χ3v) is 8.57. The third-order valence-electron chi connectivity index (χ3n) is 7.55. The Bertz CT molecular complexity index is 1630. The lowest BCUT2D eigenvalue weighted by Crippen LogP contribution is -2.42. The van der Waals surface area contributed by atoms with Gasteiger partial charge in [0.25, 0.3) is 0 Å². The number of rotatable bonds is 6. The number of carbonyl (C=O) groups excluding carboxylic acids is 1. The van der Waals surface area contributed by atoms with E-state index in [9.17, 15) is 10.1 Å². The Morgan fingerprint density at radius 2 is 1.98 bits per heavy atom. The predicted molar refractivity (Wildman–Crippen MR) is 153 cm³/mol. The lowest BCUT2D eigenvalue weighted by atomic mass is 10.0. The van der Waals surface area contributed by atoms with Gasteiger partial charge in [-0.3, -0.25) is 0 Å². The summed E-state index contributed by atoms with van der Waals surface area (Å²) in [6, 6.07) is 4.26. The summed E-state index contributed by atoms with van der Waals surface area (Å²) in [4.78, 5) is 19.1. The second-order valence-corrected chi connectivity index (χ2v) is 12.8. The van der Waals surface area contributed by atoms with Crippen LogP contribution in [-0.2, 0) is 4.74 Å². The van der Waals surface area contributed by atoms with Crippen molar-refractivity contribution in [2.24, 2.45) is 0 Å². The SMILES string of the molecule is Cc1c(-c2cc(OC(C)c3csc(C4CC4)n3)c3c(C#N)cnn3c2)nnn1C1CCN(C(=O)OC(C)(C)C)CC1. The van der Waals surface area contributed by atoms with Gasteiger partial charge < -0.3 is 14.4 Å². The van der Waals surface area contributed by atoms with E-state index in [-0.39, 0.29) is 18.2 Å². The first kappa shape index (κ1) is 27.2. The smallest absolute Gasteiger partial charge is 0.410 e. The van der Waals surface area contributed by atoms with Crippen LogP contribution >= 0.6 is 11.3 Å². The number of thiazole rings is 1. The second kappa shape index (κ2) is 10.4. The molecule has 4 aromatic rings. The average Bonchev–Trinajstić information content (AvgIpc) is 3.32. The van der Waals surface area contributed by atoms with E-state index in [1.165, 1.54) is 17.8 Å². The van der Waals surface area contributed by atoms with Gasteiger partial charge in [0.1, 0.15) is 40.3 Å². The zero-order valence-electron chi connectivity index (χ0n) is 24.0. The summed E-state index contributed by atoms with van der Waals surface area (Å²) >= 11 is 1.68. The lowest BCUT2D eigenvalue weighted by Gasteiger charge is -2.33. The van der Waals surface area contributed by atoms with Crippen LogP contribution in [0.1, 0.15) is 93.4 Å². The summed E-state index contributed by atoms with van der Waals surface area (Å²) in [6.45, 7) is 10.8. The van der Waals surface area contributed by atoms with Gasteiger partial charge in [-0.2, -0.15) is 10.4 Å². The molecule has 0 radical (unpaired) electrons. The molecule has 0 N–H and O–H groups in total. The van der Waals surface area contributed by atoms with Crippen LogP contribution in [0.3, 0.4) is 0 Å². The molecule has 2 aliphatic rings. The number of hydrogen-bond acceptors (Lipinski definition) is 9. The number of nitriles is 1. The first-order valence-electron chi connectivity index (χ1n) is 14.0. The molecule has 4 aromatic heterocycles. The molecule has 0 bridgehead atoms. The Hall–Kier alpha value is -3.98. The fourth-order valence-electron chi connectivity index (χ4n) is 5.22. The average molecular weight is 575 g/mol. The van der Waals surface area contributed by atoms with Gasteiger partial charge in [-0.25, -0.2) is 19.0 Å². The highest BCUT2D eigenvalue weighted by Crippen LogP contribution is 2.42. The maximum atomic E-state index is 12.5. The highest BCUT2D eigenvalue weighted by atomic mass is 32.1. The van der Waals surface area contributed by atoms with Gasteiger partial charge in [0.15, 0.2) is 0 Å². The monoisotopic (exact) mass is 574 g/mol. The van der Waals surface area contributed by atoms with Crippen molar-refractivity contribution >= 4 is 22.9 Å². The van der Waals surface area contributed by atoms with Gasteiger partial charge in [-0.15, -0.1) is 16.4 Å². The minimum Gasteiger partial charge on any atom is -0.482 e. The van der Waals surface area contributed by atoms with Crippen molar-refractivity contribution in [1.82, 2.24) is 34.5 Å². The van der Waals surface area contributed by atoms with Crippen LogP contribution < -0.4 is 4.74 Å². The molecule has 0 spiro atoms. The summed E-state index contributed by atoms with van der Waals surface area (Å²) in [5.41, 5.74) is 3.85. The van der Waals surface area contributed by atoms with Crippen LogP contribution in [0.2, 0.25) is 0 Å². The second-order valence-electron chi connectivity index (χ2n) is 11.9. The molecule has 41 heavy (non-hydrogen) atoms. The van der Waals surface area contributed by atoms with Crippen LogP contribution in [0.4, 0.5) is 4.79 Å². The lowest BCUT2D eigenvalue weighted by molar-refractivity contribution is 0.0184. The molecule has 11 nitrogen and oxygen atoms in total. The molecule has 1 aliphatic heterocycles. The maximum Gasteiger partial charge on any atom is 0.410 e. The summed E-state index contributed by atoms with van der Waals surface area (Å²) in [7, 11) is 0. The van der Waals surface area contributed by atoms with Crippen molar-refractivity contribution in [3.05, 3.63) is 45.8 Å². The highest BCUT2D eigenvalue weighted by Gasteiger charge is 2.30. The van der Waals surface area contributed by atoms with Crippen LogP contribution in [0, 0.1) is 18.3 Å². The molecular weight excluding hydrogens is 540 g/mol. The molecule has 1 saturated heterocycles. The number of carbonyl (C=O) groups is 1. The quantitative estimate of drug-likeness (QED) is 0.282. The van der Waals surface area contributed by atoms with E-state index in [4.69, 9.17) is 14.5 Å². The van der Waals surface area contributed by atoms with Crippen molar-refractivity contribution in [3.63, 3.8) is 0 Å². The molecule has 1 aliphatic carbocycles. The standard InChI is InChI=1S/C29H34N8O3S/c1-17-25(33-34-37(17)22-8-10-35(11-9-22)28(38)40-29(3,4)5)20-12-24(26-21(13-30)14-31-36(26)15-20)39-18(2)23-16-41-27(32-23)19-6-7-19/h12,14-16,18-19,22H,6-11H2,1-5H3. The van der Waals surface area contributed by atoms with E-state index in [2.05, 4.69) is 26.9 Å². The van der Waals surface area contributed by atoms with Gasteiger partial charge in [0.2, 0.25) is 0 Å². The van der Waals surface area contributed by atoms with E-state index in [0.29, 0.717) is 35.8 Å². The van der Waals surface area contributed by atoms with Gasteiger partial charge in [-0.1, -0.05) is 5.21 Å². The Labute approximate surface area is 242 Å². The third kappa shape index (κ3) is 5.51. The van der Waals surface area contributed by atoms with Crippen molar-refractivity contribution in [1.29, 1.82) is 5.26 Å². The first-order valence-corrected chi connectivity index (χ1v) is 14.9. The summed E-state index contributed by atoms with van der Waals surface area (Å²) in [6.07, 6.45) is 6.75. The van der Waals surface area contributed by atoms with E-state index in [1.54, 1.807) is 26.9 Å². The minimum atomic E-state index is -0.519. The molecule has 1 unspecified atom stereocenters. The Kier molecular flexibility index (Phi) is 6.93. The highest BCUT2D eigenvalue weighted by molar-refractivity contribution is 7.09. The summed E-state index contributed by atoms with van der Waals surface area (Å²) < 4.78 is 15.6. The fraction of sp³-hybridized carbons (Fsp3) is 0.517. The number of pyridine rings is 1. The first-order chi connectivity index (χ1) is 19.6. The van der Waals surface area contributed by atoms with Crippen molar-refractivity contribution < 1.29 is 14.3 Å². The van der Waals surface area contributed by atoms with Gasteiger partial charge in [-0.05, 0) is 66.4 Å². The van der Waals surface area contributed by atoms with Crippen molar-refractivity contribution in [3.8, 4) is 23.1 Å².